The molecule has 129 heavy (non-hydrogen) atoms. The number of para-hydroxylation sites is 6. The molecule has 2 aliphatic carbocycles. The van der Waals surface area contributed by atoms with Crippen molar-refractivity contribution in [1.82, 2.24) is 0 Å². The van der Waals surface area contributed by atoms with Gasteiger partial charge < -0.3 is 24.5 Å². The van der Waals surface area contributed by atoms with E-state index in [2.05, 4.69) is 497 Å². The first-order valence-electron chi connectivity index (χ1n) is 43.6. The Labute approximate surface area is 760 Å². The second kappa shape index (κ2) is 33.1. The standard InChI is InChI=1S/C67H51N3.C53H38N2.4CH4/c1-44-26-34-49(35-27-44)68(50-36-28-45(2)29-37-50)63-42-59-65(55-20-10-8-18-53(55)63)66-56-21-11-9-19-54(56)64(69(51-38-30-46(3)31-39-51)52-40-32-47(4)33-41-52)43-60(66)67(59)57-22-12-14-24-61(57)70(48-16-6-5-7-17-48)62-25-15-13-23-58(62)67;1-35-24-29-39(30-25-35)54(40-31-26-36(2)27-32-40)50-34-47-52(43-19-9-8-18-42(43)50)51-41-17-7-6-14-37(41)28-33-46(51)53(47)44-20-10-12-22-48(44)55(38-15-4-3-5-16-38)49-23-13-11-21-45(49)53;;;;/h5-43H,1-4H3;3-34H,1-2H3;4*1H4. The smallest absolute Gasteiger partial charge is 0.0756 e. The summed E-state index contributed by atoms with van der Waals surface area (Å²) >= 11 is 0. The average molecular weight is 1670 g/mol. The number of anilines is 15. The summed E-state index contributed by atoms with van der Waals surface area (Å²) in [5, 5.41) is 9.86. The van der Waals surface area contributed by atoms with Crippen LogP contribution in [-0.4, -0.2) is 0 Å². The third-order valence-corrected chi connectivity index (χ3v) is 26.8. The molecule has 0 saturated carbocycles. The molecule has 5 heteroatoms. The van der Waals surface area contributed by atoms with E-state index < -0.39 is 10.8 Å². The normalized spacial score (nSPS) is 12.7. The van der Waals surface area contributed by atoms with Crippen molar-refractivity contribution in [2.24, 2.45) is 0 Å². The number of rotatable bonds is 11. The molecule has 24 rings (SSSR count). The molecular weight excluding hydrogens is 1560 g/mol. The molecule has 0 N–H and O–H groups in total. The zero-order valence-electron chi connectivity index (χ0n) is 70.7. The zero-order valence-corrected chi connectivity index (χ0v) is 70.7. The van der Waals surface area contributed by atoms with Gasteiger partial charge in [-0.3, -0.25) is 0 Å². The molecule has 626 valence electrons. The van der Waals surface area contributed by atoms with Gasteiger partial charge in [0.15, 0.2) is 0 Å². The molecule has 20 aromatic rings. The number of aryl methyl sites for hydroxylation is 6. The van der Waals surface area contributed by atoms with Crippen LogP contribution in [0.5, 0.6) is 0 Å². The maximum Gasteiger partial charge on any atom is 0.0756 e. The highest BCUT2D eigenvalue weighted by Crippen LogP contribution is 2.70. The number of nitrogens with zero attached hydrogens (tertiary/aromatic N) is 5. The molecule has 4 aliphatic rings. The first-order valence-corrected chi connectivity index (χ1v) is 43.6. The van der Waals surface area contributed by atoms with Crippen LogP contribution in [0.15, 0.2) is 431 Å². The molecule has 0 amide bonds. The molecule has 2 heterocycles. The van der Waals surface area contributed by atoms with E-state index in [1.54, 1.807) is 0 Å². The van der Waals surface area contributed by atoms with Crippen molar-refractivity contribution in [1.29, 1.82) is 0 Å². The first-order chi connectivity index (χ1) is 61.5. The van der Waals surface area contributed by atoms with Crippen molar-refractivity contribution >= 4 is 128 Å². The molecule has 2 spiro atoms. The third-order valence-electron chi connectivity index (χ3n) is 26.8. The van der Waals surface area contributed by atoms with Crippen LogP contribution in [-0.2, 0) is 10.8 Å². The fourth-order valence-electron chi connectivity index (χ4n) is 21.3. The van der Waals surface area contributed by atoms with Gasteiger partial charge in [-0.05, 0) is 275 Å². The average Bonchev–Trinajstić information content (AvgIpc) is 1.38. The highest BCUT2D eigenvalue weighted by molar-refractivity contribution is 6.21. The quantitative estimate of drug-likeness (QED) is 0.128. The topological polar surface area (TPSA) is 16.2 Å². The summed E-state index contributed by atoms with van der Waals surface area (Å²) in [6, 6.07) is 161. The van der Waals surface area contributed by atoms with Crippen LogP contribution in [0.3, 0.4) is 0 Å². The fraction of sp³-hybridized carbons (Fsp3) is 0.0968. The molecule has 0 aromatic heterocycles. The van der Waals surface area contributed by atoms with Gasteiger partial charge >= 0.3 is 0 Å². The van der Waals surface area contributed by atoms with E-state index in [9.17, 15) is 0 Å². The zero-order chi connectivity index (χ0) is 83.8. The van der Waals surface area contributed by atoms with Crippen molar-refractivity contribution < 1.29 is 0 Å². The van der Waals surface area contributed by atoms with Gasteiger partial charge in [-0.25, -0.2) is 0 Å². The minimum Gasteiger partial charge on any atom is -0.310 e. The lowest BCUT2D eigenvalue weighted by molar-refractivity contribution is 0.753. The molecule has 0 fully saturated rings. The lowest BCUT2D eigenvalue weighted by Crippen LogP contribution is -2.36. The Balaban J connectivity index is 0.000000167. The molecule has 0 radical (unpaired) electrons. The van der Waals surface area contributed by atoms with Crippen LogP contribution in [0, 0.1) is 41.5 Å². The summed E-state index contributed by atoms with van der Waals surface area (Å²) in [7, 11) is 0. The van der Waals surface area contributed by atoms with Gasteiger partial charge in [-0.1, -0.05) is 354 Å². The van der Waals surface area contributed by atoms with E-state index in [0.717, 1.165) is 56.9 Å². The van der Waals surface area contributed by atoms with E-state index in [1.165, 1.54) is 172 Å². The van der Waals surface area contributed by atoms with Crippen LogP contribution in [0.4, 0.5) is 85.3 Å². The van der Waals surface area contributed by atoms with Crippen LogP contribution in [0.1, 0.15) is 108 Å². The number of hydrogen-bond acceptors (Lipinski definition) is 5. The predicted octanol–water partition coefficient (Wildman–Crippen LogP) is 35.1. The van der Waals surface area contributed by atoms with Gasteiger partial charge in [-0.15, -0.1) is 0 Å². The Morgan fingerprint density at radius 3 is 0.674 bits per heavy atom. The lowest BCUT2D eigenvalue weighted by atomic mass is 9.64. The van der Waals surface area contributed by atoms with Gasteiger partial charge in [-0.2, -0.15) is 0 Å². The molecule has 2 aliphatic heterocycles. The van der Waals surface area contributed by atoms with Crippen LogP contribution < -0.4 is 24.5 Å². The van der Waals surface area contributed by atoms with E-state index in [0.29, 0.717) is 0 Å². The Morgan fingerprint density at radius 1 is 0.178 bits per heavy atom. The van der Waals surface area contributed by atoms with Crippen molar-refractivity contribution in [2.45, 2.75) is 82.1 Å². The van der Waals surface area contributed by atoms with E-state index >= 15 is 0 Å². The summed E-state index contributed by atoms with van der Waals surface area (Å²) < 4.78 is 0. The summed E-state index contributed by atoms with van der Waals surface area (Å²) in [6.07, 6.45) is 0. The van der Waals surface area contributed by atoms with E-state index in [1.807, 2.05) is 0 Å². The Bertz CT molecular complexity index is 7230. The molecule has 0 bridgehead atoms. The lowest BCUT2D eigenvalue weighted by Gasteiger charge is -2.45. The summed E-state index contributed by atoms with van der Waals surface area (Å²) in [4.78, 5) is 12.4. The number of benzene rings is 20. The largest absolute Gasteiger partial charge is 0.310 e. The minimum absolute atomic E-state index is 0. The Morgan fingerprint density at radius 2 is 0.395 bits per heavy atom. The van der Waals surface area contributed by atoms with Crippen LogP contribution in [0.2, 0.25) is 0 Å². The number of hydrogen-bond donors (Lipinski definition) is 0. The molecule has 20 aromatic carbocycles. The summed E-state index contributed by atoms with van der Waals surface area (Å²) in [6.45, 7) is 13.0. The van der Waals surface area contributed by atoms with Crippen molar-refractivity contribution in [3.63, 3.8) is 0 Å². The van der Waals surface area contributed by atoms with E-state index in [-0.39, 0.29) is 29.7 Å². The highest BCUT2D eigenvalue weighted by Gasteiger charge is 2.56. The molecular formula is C124H105N5. The summed E-state index contributed by atoms with van der Waals surface area (Å²) in [5.74, 6) is 0. The van der Waals surface area contributed by atoms with Gasteiger partial charge in [0, 0.05) is 61.7 Å². The van der Waals surface area contributed by atoms with Crippen LogP contribution in [0.25, 0.3) is 65.3 Å². The maximum atomic E-state index is 2.56. The molecule has 0 saturated heterocycles. The SMILES string of the molecule is C.C.C.C.Cc1ccc(N(c2ccc(C)cc2)c2cc3c(c4ccccc24)-c2c(cc(N(c4ccc(C)cc4)c4ccc(C)cc4)c4ccccc24)C32c3ccccc3N(c3ccccc3)c3ccccc32)cc1.Cc1ccc(N(c2ccc(C)cc2)c2cc3c(c4ccccc24)-c2c(ccc4ccccc24)C32c3ccccc3N(c3ccccc3)c3ccccc32)cc1. The van der Waals surface area contributed by atoms with E-state index in [4.69, 9.17) is 0 Å². The van der Waals surface area contributed by atoms with Gasteiger partial charge in [0.1, 0.15) is 0 Å². The summed E-state index contributed by atoms with van der Waals surface area (Å²) in [5.41, 5.74) is 38.6. The first kappa shape index (κ1) is 83.0. The molecule has 0 atom stereocenters. The van der Waals surface area contributed by atoms with Gasteiger partial charge in [0.2, 0.25) is 0 Å². The highest BCUT2D eigenvalue weighted by atomic mass is 15.2. The van der Waals surface area contributed by atoms with Crippen molar-refractivity contribution in [3.8, 4) is 22.3 Å². The fourth-order valence-corrected chi connectivity index (χ4v) is 21.3. The Hall–Kier alpha value is -15.6. The van der Waals surface area contributed by atoms with Crippen molar-refractivity contribution in [2.75, 3.05) is 24.5 Å². The third kappa shape index (κ3) is 12.9. The van der Waals surface area contributed by atoms with Crippen LogP contribution >= 0.6 is 0 Å². The van der Waals surface area contributed by atoms with Crippen molar-refractivity contribution in [3.05, 3.63) is 509 Å². The monoisotopic (exact) mass is 1660 g/mol. The van der Waals surface area contributed by atoms with Gasteiger partial charge in [0.05, 0.1) is 50.6 Å². The van der Waals surface area contributed by atoms with Gasteiger partial charge in [0.25, 0.3) is 0 Å². The maximum absolute atomic E-state index is 2.56. The molecule has 5 nitrogen and oxygen atoms in total. The molecule has 0 unspecified atom stereocenters. The number of fused-ring (bicyclic) bond motifs is 26. The second-order valence-corrected chi connectivity index (χ2v) is 34.2. The predicted molar refractivity (Wildman–Crippen MR) is 553 cm³/mol. The Kier molecular flexibility index (Phi) is 21.3. The second-order valence-electron chi connectivity index (χ2n) is 34.2. The minimum atomic E-state index is -0.765.